The molecule has 0 amide bonds. The van der Waals surface area contributed by atoms with E-state index in [4.69, 9.17) is 25.5 Å². The van der Waals surface area contributed by atoms with Crippen molar-refractivity contribution in [2.45, 2.75) is 24.4 Å². The molecule has 0 spiro atoms. The third-order valence-electron chi connectivity index (χ3n) is 1.42. The maximum Gasteiger partial charge on any atom is 2.00 e. The van der Waals surface area contributed by atoms with E-state index in [9.17, 15) is 4.79 Å². The van der Waals surface area contributed by atoms with Gasteiger partial charge in [-0.05, 0) is 0 Å². The summed E-state index contributed by atoms with van der Waals surface area (Å²) in [4.78, 5) is 9.90. The molecule has 8 heteroatoms. The minimum atomic E-state index is -1.79. The molecule has 0 aromatic rings. The van der Waals surface area contributed by atoms with Crippen molar-refractivity contribution in [3.05, 3.63) is 0 Å². The second-order valence-electron chi connectivity index (χ2n) is 2.36. The van der Waals surface area contributed by atoms with Gasteiger partial charge in [0.2, 0.25) is 0 Å². The topological polar surface area (TPSA) is 118 Å². The van der Waals surface area contributed by atoms with Crippen LogP contribution < -0.4 is 0 Å². The Kier molecular flexibility index (Phi) is 16.4. The number of carbonyl (C=O) groups excluding carboxylic acids is 1. The van der Waals surface area contributed by atoms with Crippen LogP contribution in [0.15, 0.2) is 0 Å². The van der Waals surface area contributed by atoms with Gasteiger partial charge < -0.3 is 36.0 Å². The Morgan fingerprint density at radius 3 is 1.86 bits per heavy atom. The first-order valence-corrected chi connectivity index (χ1v) is 3.33. The zero-order valence-corrected chi connectivity index (χ0v) is 11.3. The molecule has 0 rings (SSSR count). The number of hydrogen-bond donors (Lipinski definition) is 5. The number of aliphatic hydroxyl groups excluding tert-OH is 5. The van der Waals surface area contributed by atoms with Crippen LogP contribution in [0.4, 0.5) is 0 Å². The van der Waals surface area contributed by atoms with Gasteiger partial charge >= 0.3 is 60.8 Å². The van der Waals surface area contributed by atoms with Crippen molar-refractivity contribution in [2.75, 3.05) is 6.61 Å². The SMILES string of the molecule is O=C[C@H](O)[C@@H](O)[C@H](O)[C@H](O)CO.[Ca+2].[H-].[H-].[H-].[H-].[Mg+2]. The van der Waals surface area contributed by atoms with E-state index in [-0.39, 0.29) is 72.8 Å². The standard InChI is InChI=1S/C6H12O6.Ca.Mg.4H/c7-1-3(9)5(11)6(12)4(10)2-8;;;;;;/h1,3-6,8-12H,2H2;;;;;;/q;2*+2;4*-1/t3-,4+,5+,6+;;;;;;/m0....../s1. The first kappa shape index (κ1) is 20.9. The minimum absolute atomic E-state index is 0. The van der Waals surface area contributed by atoms with Gasteiger partial charge in [-0.3, -0.25) is 0 Å². The van der Waals surface area contributed by atoms with Crippen molar-refractivity contribution in [1.82, 2.24) is 0 Å². The van der Waals surface area contributed by atoms with Gasteiger partial charge in [0.05, 0.1) is 6.61 Å². The molecule has 0 saturated carbocycles. The van der Waals surface area contributed by atoms with Crippen LogP contribution in [0.5, 0.6) is 0 Å². The van der Waals surface area contributed by atoms with E-state index in [2.05, 4.69) is 0 Å². The van der Waals surface area contributed by atoms with Crippen molar-refractivity contribution in [2.24, 2.45) is 0 Å². The summed E-state index contributed by atoms with van der Waals surface area (Å²) in [7, 11) is 0. The van der Waals surface area contributed by atoms with Crippen molar-refractivity contribution < 1.29 is 36.0 Å². The fourth-order valence-electron chi connectivity index (χ4n) is 0.618. The molecule has 0 aliphatic rings. The van der Waals surface area contributed by atoms with Crippen molar-refractivity contribution in [1.29, 1.82) is 0 Å². The average Bonchev–Trinajstić information content (AvgIpc) is 2.12. The van der Waals surface area contributed by atoms with Crippen molar-refractivity contribution >= 4 is 67.1 Å². The van der Waals surface area contributed by atoms with Gasteiger partial charge in [0.1, 0.15) is 24.4 Å². The predicted octanol–water partition coefficient (Wildman–Crippen LogP) is -3.69. The fourth-order valence-corrected chi connectivity index (χ4v) is 0.618. The van der Waals surface area contributed by atoms with Crippen LogP contribution in [-0.4, -0.2) is 124 Å². The average molecular weight is 249 g/mol. The number of aliphatic hydroxyl groups is 5. The molecule has 0 radical (unpaired) electrons. The molecule has 0 saturated heterocycles. The maximum atomic E-state index is 9.90. The first-order valence-electron chi connectivity index (χ1n) is 3.33. The zero-order chi connectivity index (χ0) is 9.72. The molecule has 0 unspecified atom stereocenters. The normalized spacial score (nSPS) is 18.1. The summed E-state index contributed by atoms with van der Waals surface area (Å²) in [6.45, 7) is -0.760. The Labute approximate surface area is 133 Å². The molecule has 80 valence electrons. The second kappa shape index (κ2) is 11.0. The molecule has 0 aliphatic heterocycles. The monoisotopic (exact) mass is 248 g/mol. The van der Waals surface area contributed by atoms with Gasteiger partial charge in [-0.15, -0.1) is 0 Å². The third kappa shape index (κ3) is 6.88. The molecule has 0 aliphatic carbocycles. The van der Waals surface area contributed by atoms with Crippen LogP contribution in [0.25, 0.3) is 0 Å². The number of carbonyl (C=O) groups is 1. The Hall–Kier alpha value is 1.50. The summed E-state index contributed by atoms with van der Waals surface area (Å²) in [6, 6.07) is 0. The largest absolute Gasteiger partial charge is 2.00 e. The van der Waals surface area contributed by atoms with Crippen molar-refractivity contribution in [3.8, 4) is 0 Å². The third-order valence-corrected chi connectivity index (χ3v) is 1.42. The summed E-state index contributed by atoms with van der Waals surface area (Å²) in [5.41, 5.74) is 0. The molecule has 0 aromatic carbocycles. The summed E-state index contributed by atoms with van der Waals surface area (Å²) in [5, 5.41) is 43.5. The molecule has 4 atom stereocenters. The van der Waals surface area contributed by atoms with E-state index in [0.29, 0.717) is 0 Å². The van der Waals surface area contributed by atoms with Crippen LogP contribution in [0.2, 0.25) is 0 Å². The van der Waals surface area contributed by atoms with Gasteiger partial charge in [-0.2, -0.15) is 0 Å². The summed E-state index contributed by atoms with van der Waals surface area (Å²) >= 11 is 0. The minimum Gasteiger partial charge on any atom is -1.00 e. The van der Waals surface area contributed by atoms with Crippen LogP contribution >= 0.6 is 0 Å². The maximum absolute atomic E-state index is 9.90. The van der Waals surface area contributed by atoms with E-state index in [1.807, 2.05) is 0 Å². The van der Waals surface area contributed by atoms with Gasteiger partial charge in [0.25, 0.3) is 0 Å². The van der Waals surface area contributed by atoms with Crippen LogP contribution in [0.3, 0.4) is 0 Å². The molecule has 0 heterocycles. The van der Waals surface area contributed by atoms with E-state index in [0.717, 1.165) is 0 Å². The quantitative estimate of drug-likeness (QED) is 0.253. The molecule has 14 heavy (non-hydrogen) atoms. The van der Waals surface area contributed by atoms with Crippen LogP contribution in [-0.2, 0) is 4.79 Å². The molecule has 6 nitrogen and oxygen atoms in total. The van der Waals surface area contributed by atoms with E-state index in [1.54, 1.807) is 0 Å². The smallest absolute Gasteiger partial charge is 1.00 e. The Morgan fingerprint density at radius 2 is 1.57 bits per heavy atom. The van der Waals surface area contributed by atoms with Crippen LogP contribution in [0.1, 0.15) is 5.71 Å². The zero-order valence-electron chi connectivity index (χ0n) is 11.7. The summed E-state index contributed by atoms with van der Waals surface area (Å²) in [6.07, 6.45) is -6.84. The van der Waals surface area contributed by atoms with E-state index < -0.39 is 31.0 Å². The number of rotatable bonds is 5. The molecule has 5 N–H and O–H groups in total. The number of hydrogen-bond acceptors (Lipinski definition) is 6. The van der Waals surface area contributed by atoms with Crippen LogP contribution in [0, 0.1) is 0 Å². The molecule has 0 aromatic heterocycles. The number of aldehydes is 1. The van der Waals surface area contributed by atoms with Gasteiger partial charge in [-0.1, -0.05) is 0 Å². The predicted molar refractivity (Wildman–Crippen MR) is 53.1 cm³/mol. The summed E-state index contributed by atoms with van der Waals surface area (Å²) < 4.78 is 0. The summed E-state index contributed by atoms with van der Waals surface area (Å²) in [5.74, 6) is 0. The Balaban J connectivity index is -0.0000000403. The Morgan fingerprint density at radius 1 is 1.14 bits per heavy atom. The second-order valence-corrected chi connectivity index (χ2v) is 2.36. The van der Waals surface area contributed by atoms with Crippen molar-refractivity contribution in [3.63, 3.8) is 0 Å². The van der Waals surface area contributed by atoms with Gasteiger partial charge in [-0.25, -0.2) is 0 Å². The first-order chi connectivity index (χ1) is 5.54. The van der Waals surface area contributed by atoms with Gasteiger partial charge in [0.15, 0.2) is 6.29 Å². The van der Waals surface area contributed by atoms with Gasteiger partial charge in [0, 0.05) is 0 Å². The molecule has 0 fully saturated rings. The Bertz CT molecular complexity index is 162. The molecule has 0 bridgehead atoms. The van der Waals surface area contributed by atoms with E-state index in [1.165, 1.54) is 0 Å². The fraction of sp³-hybridized carbons (Fsp3) is 0.833. The van der Waals surface area contributed by atoms with E-state index >= 15 is 0 Å². The molecular formula is C6H16CaMgO6. The molecular weight excluding hydrogens is 232 g/mol.